The maximum atomic E-state index is 7.51. The van der Waals surface area contributed by atoms with Crippen molar-refractivity contribution >= 4 is 11.3 Å². The zero-order chi connectivity index (χ0) is 13.8. The Labute approximate surface area is 114 Å². The average Bonchev–Trinajstić information content (AvgIpc) is 2.42. The molecule has 2 aromatic carbocycles. The molecule has 0 aliphatic heterocycles. The Kier molecular flexibility index (Phi) is 3.91. The topological polar surface area (TPSA) is 36.2 Å². The first-order chi connectivity index (χ1) is 9.15. The van der Waals surface area contributed by atoms with E-state index in [2.05, 4.69) is 24.2 Å². The minimum Gasteiger partial charge on any atom is -0.204 e. The molecule has 0 radical (unpaired) electrons. The van der Waals surface area contributed by atoms with Crippen LogP contribution in [0, 0.1) is 19.4 Å². The van der Waals surface area contributed by atoms with Crippen molar-refractivity contribution in [3.63, 3.8) is 0 Å². The van der Waals surface area contributed by atoms with Crippen LogP contribution in [0.5, 0.6) is 0 Å². The molecule has 0 bridgehead atoms. The zero-order valence-corrected chi connectivity index (χ0v) is 11.6. The molecule has 19 heavy (non-hydrogen) atoms. The molecule has 0 amide bonds. The van der Waals surface area contributed by atoms with Crippen LogP contribution in [0.4, 0.5) is 0 Å². The average molecular weight is 250 g/mol. The molecule has 96 valence electrons. The number of allylic oxidation sites excluding steroid dienone is 1. The van der Waals surface area contributed by atoms with Crippen LogP contribution < -0.4 is 0 Å². The third-order valence-corrected chi connectivity index (χ3v) is 3.42. The maximum Gasteiger partial charge on any atom is 0.0960 e. The Hall–Kier alpha value is -2.22. The Morgan fingerprint density at radius 1 is 0.842 bits per heavy atom. The molecule has 0 saturated carbocycles. The number of hydrogen-bond donors (Lipinski definition) is 1. The van der Waals surface area contributed by atoms with Crippen LogP contribution >= 0.6 is 0 Å². The van der Waals surface area contributed by atoms with Crippen molar-refractivity contribution in [1.29, 1.82) is 5.53 Å². The minimum absolute atomic E-state index is 0.743. The van der Waals surface area contributed by atoms with Gasteiger partial charge in [0.2, 0.25) is 0 Å². The first-order valence-corrected chi connectivity index (χ1v) is 6.35. The second kappa shape index (κ2) is 5.61. The van der Waals surface area contributed by atoms with E-state index in [0.717, 1.165) is 28.0 Å². The summed E-state index contributed by atoms with van der Waals surface area (Å²) >= 11 is 0. The van der Waals surface area contributed by atoms with Gasteiger partial charge < -0.3 is 0 Å². The van der Waals surface area contributed by atoms with Gasteiger partial charge in [-0.15, -0.1) is 0 Å². The van der Waals surface area contributed by atoms with Gasteiger partial charge in [0.05, 0.1) is 5.70 Å². The molecule has 0 aliphatic carbocycles. The SMILES string of the molecule is C/C(=C(\N=N)c1ccccc1C)c1ccccc1C. The predicted octanol–water partition coefficient (Wildman–Crippen LogP) is 5.22. The lowest BCUT2D eigenvalue weighted by Gasteiger charge is -2.11. The normalized spacial score (nSPS) is 11.9. The highest BCUT2D eigenvalue weighted by molar-refractivity contribution is 5.90. The molecular formula is C17H18N2. The van der Waals surface area contributed by atoms with E-state index in [1.54, 1.807) is 0 Å². The number of nitrogens with one attached hydrogen (secondary N) is 1. The van der Waals surface area contributed by atoms with Crippen LogP contribution in [-0.2, 0) is 0 Å². The number of nitrogens with zero attached hydrogens (tertiary/aromatic N) is 1. The Morgan fingerprint density at radius 2 is 1.32 bits per heavy atom. The third-order valence-electron chi connectivity index (χ3n) is 3.42. The van der Waals surface area contributed by atoms with E-state index < -0.39 is 0 Å². The van der Waals surface area contributed by atoms with E-state index in [4.69, 9.17) is 5.53 Å². The molecule has 2 aromatic rings. The molecule has 0 spiro atoms. The van der Waals surface area contributed by atoms with Crippen molar-refractivity contribution in [2.45, 2.75) is 20.8 Å². The summed E-state index contributed by atoms with van der Waals surface area (Å²) in [5.41, 5.74) is 13.8. The van der Waals surface area contributed by atoms with E-state index in [1.807, 2.05) is 50.2 Å². The Bertz CT molecular complexity index is 639. The fraction of sp³-hybridized carbons (Fsp3) is 0.176. The predicted molar refractivity (Wildman–Crippen MR) is 80.0 cm³/mol. The molecule has 0 aromatic heterocycles. The van der Waals surface area contributed by atoms with Gasteiger partial charge in [-0.2, -0.15) is 5.11 Å². The largest absolute Gasteiger partial charge is 0.204 e. The van der Waals surface area contributed by atoms with Gasteiger partial charge in [0.15, 0.2) is 0 Å². The fourth-order valence-corrected chi connectivity index (χ4v) is 2.31. The first-order valence-electron chi connectivity index (χ1n) is 6.35. The van der Waals surface area contributed by atoms with E-state index in [9.17, 15) is 0 Å². The fourth-order valence-electron chi connectivity index (χ4n) is 2.31. The van der Waals surface area contributed by atoms with Crippen LogP contribution in [0.2, 0.25) is 0 Å². The second-order valence-electron chi connectivity index (χ2n) is 4.72. The lowest BCUT2D eigenvalue weighted by Crippen LogP contribution is -1.92. The lowest BCUT2D eigenvalue weighted by molar-refractivity contribution is 1.15. The molecule has 0 unspecified atom stereocenters. The quantitative estimate of drug-likeness (QED) is 0.572. The van der Waals surface area contributed by atoms with Crippen molar-refractivity contribution < 1.29 is 0 Å². The van der Waals surface area contributed by atoms with Gasteiger partial charge in [0.25, 0.3) is 0 Å². The van der Waals surface area contributed by atoms with Crippen molar-refractivity contribution in [2.24, 2.45) is 5.11 Å². The molecule has 2 rings (SSSR count). The summed E-state index contributed by atoms with van der Waals surface area (Å²) in [7, 11) is 0. The second-order valence-corrected chi connectivity index (χ2v) is 4.72. The Morgan fingerprint density at radius 3 is 1.79 bits per heavy atom. The number of aryl methyl sites for hydroxylation is 2. The standard InChI is InChI=1S/C17H18N2/c1-12-8-4-6-10-15(12)14(3)17(19-18)16-11-7-5-9-13(16)2/h4-11,18H,1-3H3/b17-14+,19-18?. The first kappa shape index (κ1) is 13.2. The van der Waals surface area contributed by atoms with Crippen molar-refractivity contribution in [3.8, 4) is 0 Å². The van der Waals surface area contributed by atoms with E-state index in [1.165, 1.54) is 5.56 Å². The van der Waals surface area contributed by atoms with Crippen LogP contribution in [0.25, 0.3) is 11.3 Å². The van der Waals surface area contributed by atoms with Crippen molar-refractivity contribution in [1.82, 2.24) is 0 Å². The summed E-state index contributed by atoms with van der Waals surface area (Å²) in [6.07, 6.45) is 0. The summed E-state index contributed by atoms with van der Waals surface area (Å²) in [5.74, 6) is 0. The lowest BCUT2D eigenvalue weighted by atomic mass is 9.96. The smallest absolute Gasteiger partial charge is 0.0960 e. The molecule has 2 heteroatoms. The van der Waals surface area contributed by atoms with Gasteiger partial charge in [-0.3, -0.25) is 0 Å². The number of hydrogen-bond acceptors (Lipinski definition) is 2. The number of rotatable bonds is 3. The molecule has 0 saturated heterocycles. The summed E-state index contributed by atoms with van der Waals surface area (Å²) in [6.45, 7) is 6.16. The van der Waals surface area contributed by atoms with Crippen molar-refractivity contribution in [2.75, 3.05) is 0 Å². The molecule has 0 fully saturated rings. The van der Waals surface area contributed by atoms with E-state index in [0.29, 0.717) is 0 Å². The molecule has 0 atom stereocenters. The highest BCUT2D eigenvalue weighted by Crippen LogP contribution is 2.30. The van der Waals surface area contributed by atoms with Crippen LogP contribution in [0.3, 0.4) is 0 Å². The summed E-state index contributed by atoms with van der Waals surface area (Å²) in [4.78, 5) is 0. The molecular weight excluding hydrogens is 232 g/mol. The van der Waals surface area contributed by atoms with E-state index >= 15 is 0 Å². The molecule has 0 heterocycles. The van der Waals surface area contributed by atoms with Gasteiger partial charge in [-0.25, -0.2) is 5.53 Å². The summed E-state index contributed by atoms with van der Waals surface area (Å²) in [6, 6.07) is 16.3. The minimum atomic E-state index is 0.743. The van der Waals surface area contributed by atoms with Gasteiger partial charge in [0.1, 0.15) is 0 Å². The third kappa shape index (κ3) is 2.63. The van der Waals surface area contributed by atoms with Gasteiger partial charge >= 0.3 is 0 Å². The maximum absolute atomic E-state index is 7.51. The van der Waals surface area contributed by atoms with Gasteiger partial charge in [0, 0.05) is 5.56 Å². The Balaban J connectivity index is 2.64. The zero-order valence-electron chi connectivity index (χ0n) is 11.6. The van der Waals surface area contributed by atoms with Gasteiger partial charge in [-0.05, 0) is 43.0 Å². The van der Waals surface area contributed by atoms with Crippen LogP contribution in [-0.4, -0.2) is 0 Å². The van der Waals surface area contributed by atoms with Crippen LogP contribution in [0.15, 0.2) is 53.6 Å². The number of benzene rings is 2. The highest BCUT2D eigenvalue weighted by atomic mass is 15.0. The van der Waals surface area contributed by atoms with Gasteiger partial charge in [-0.1, -0.05) is 48.5 Å². The van der Waals surface area contributed by atoms with Crippen molar-refractivity contribution in [3.05, 3.63) is 70.8 Å². The highest BCUT2D eigenvalue weighted by Gasteiger charge is 2.10. The van der Waals surface area contributed by atoms with E-state index in [-0.39, 0.29) is 0 Å². The van der Waals surface area contributed by atoms with Crippen LogP contribution in [0.1, 0.15) is 29.2 Å². The summed E-state index contributed by atoms with van der Waals surface area (Å²) < 4.78 is 0. The molecule has 2 nitrogen and oxygen atoms in total. The molecule has 1 N–H and O–H groups in total. The molecule has 0 aliphatic rings. The monoisotopic (exact) mass is 250 g/mol. The summed E-state index contributed by atoms with van der Waals surface area (Å²) in [5, 5.41) is 3.77.